The Balaban J connectivity index is 1.42. The fraction of sp³-hybridized carbons (Fsp3) is 0.435. The first-order valence-electron chi connectivity index (χ1n) is 11.5. The number of halogens is 2. The van der Waals surface area contributed by atoms with E-state index in [1.54, 1.807) is 12.1 Å². The highest BCUT2D eigenvalue weighted by Gasteiger charge is 2.34. The SMILES string of the molecule is CN1CCN(S(=O)(=O)c2ccc(NC(=O)[C@H]3CCCN(S(=O)(=O)c4cc(Cl)ccc4Cl)C3)cc2)CC1. The van der Waals surface area contributed by atoms with Crippen LogP contribution in [0.1, 0.15) is 12.8 Å². The second-order valence-electron chi connectivity index (χ2n) is 9.00. The van der Waals surface area contributed by atoms with Crippen LogP contribution in [0.25, 0.3) is 0 Å². The number of carbonyl (C=O) groups excluding carboxylic acids is 1. The molecule has 2 aliphatic rings. The van der Waals surface area contributed by atoms with Crippen molar-refractivity contribution in [1.82, 2.24) is 13.5 Å². The van der Waals surface area contributed by atoms with Crippen LogP contribution in [0.3, 0.4) is 0 Å². The quantitative estimate of drug-likeness (QED) is 0.568. The van der Waals surface area contributed by atoms with Gasteiger partial charge in [-0.2, -0.15) is 8.61 Å². The fourth-order valence-electron chi connectivity index (χ4n) is 4.32. The predicted octanol–water partition coefficient (Wildman–Crippen LogP) is 2.97. The molecule has 0 saturated carbocycles. The summed E-state index contributed by atoms with van der Waals surface area (Å²) in [4.78, 5) is 15.1. The van der Waals surface area contributed by atoms with Crippen molar-refractivity contribution in [3.63, 3.8) is 0 Å². The highest BCUT2D eigenvalue weighted by atomic mass is 35.5. The molecule has 2 aliphatic heterocycles. The Kier molecular flexibility index (Phi) is 8.30. The topological polar surface area (TPSA) is 107 Å². The van der Waals surface area contributed by atoms with Gasteiger partial charge in [-0.1, -0.05) is 23.2 Å². The van der Waals surface area contributed by atoms with Crippen molar-refractivity contribution in [2.75, 3.05) is 51.6 Å². The minimum Gasteiger partial charge on any atom is -0.326 e. The lowest BCUT2D eigenvalue weighted by Crippen LogP contribution is -2.47. The first kappa shape index (κ1) is 27.3. The Hall–Kier alpha value is -1.73. The second-order valence-corrected chi connectivity index (χ2v) is 13.7. The largest absolute Gasteiger partial charge is 0.326 e. The van der Waals surface area contributed by atoms with Gasteiger partial charge in [0.05, 0.1) is 15.8 Å². The summed E-state index contributed by atoms with van der Waals surface area (Å²) in [6, 6.07) is 10.3. The minimum absolute atomic E-state index is 0.00682. The van der Waals surface area contributed by atoms with Gasteiger partial charge in [-0.3, -0.25) is 4.79 Å². The van der Waals surface area contributed by atoms with Crippen LogP contribution in [-0.4, -0.2) is 82.6 Å². The number of likely N-dealkylation sites (N-methyl/N-ethyl adjacent to an activating group) is 1. The molecule has 0 aromatic heterocycles. The number of sulfonamides is 2. The molecule has 36 heavy (non-hydrogen) atoms. The lowest BCUT2D eigenvalue weighted by molar-refractivity contribution is -0.120. The van der Waals surface area contributed by atoms with Gasteiger partial charge < -0.3 is 10.2 Å². The number of hydrogen-bond acceptors (Lipinski definition) is 6. The van der Waals surface area contributed by atoms with E-state index in [0.29, 0.717) is 44.7 Å². The van der Waals surface area contributed by atoms with Crippen molar-refractivity contribution in [1.29, 1.82) is 0 Å². The van der Waals surface area contributed by atoms with Gasteiger partial charge in [-0.05, 0) is 62.4 Å². The fourth-order valence-corrected chi connectivity index (χ4v) is 8.00. The predicted molar refractivity (Wildman–Crippen MR) is 139 cm³/mol. The molecule has 196 valence electrons. The maximum Gasteiger partial charge on any atom is 0.244 e. The number of nitrogens with zero attached hydrogens (tertiary/aromatic N) is 3. The number of benzene rings is 2. The summed E-state index contributed by atoms with van der Waals surface area (Å²) in [6.07, 6.45) is 1.04. The molecule has 2 heterocycles. The summed E-state index contributed by atoms with van der Waals surface area (Å²) in [5.74, 6) is -0.901. The number of anilines is 1. The van der Waals surface area contributed by atoms with Crippen molar-refractivity contribution in [3.05, 3.63) is 52.5 Å². The number of carbonyl (C=O) groups is 1. The summed E-state index contributed by atoms with van der Waals surface area (Å²) in [6.45, 7) is 2.48. The van der Waals surface area contributed by atoms with Crippen LogP contribution in [0.2, 0.25) is 10.0 Å². The van der Waals surface area contributed by atoms with E-state index < -0.39 is 26.0 Å². The van der Waals surface area contributed by atoms with Crippen LogP contribution >= 0.6 is 23.2 Å². The number of hydrogen-bond donors (Lipinski definition) is 1. The Labute approximate surface area is 222 Å². The zero-order valence-electron chi connectivity index (χ0n) is 19.7. The molecule has 9 nitrogen and oxygen atoms in total. The maximum absolute atomic E-state index is 13.2. The van der Waals surface area contributed by atoms with Gasteiger partial charge in [0.2, 0.25) is 26.0 Å². The minimum atomic E-state index is -3.93. The van der Waals surface area contributed by atoms with Crippen molar-refractivity contribution in [2.45, 2.75) is 22.6 Å². The molecule has 0 aliphatic carbocycles. The Morgan fingerprint density at radius 3 is 2.22 bits per heavy atom. The normalized spacial score (nSPS) is 20.8. The molecular weight excluding hydrogens is 547 g/mol. The monoisotopic (exact) mass is 574 g/mol. The van der Waals surface area contributed by atoms with Crippen molar-refractivity contribution in [3.8, 4) is 0 Å². The van der Waals surface area contributed by atoms with E-state index in [1.165, 1.54) is 38.9 Å². The number of piperidine rings is 1. The highest BCUT2D eigenvalue weighted by Crippen LogP contribution is 2.31. The zero-order chi connectivity index (χ0) is 26.1. The average Bonchev–Trinajstić information content (AvgIpc) is 2.86. The Bertz CT molecular complexity index is 1330. The van der Waals surface area contributed by atoms with Crippen LogP contribution in [0.4, 0.5) is 5.69 Å². The van der Waals surface area contributed by atoms with Gasteiger partial charge in [0.25, 0.3) is 0 Å². The molecule has 13 heteroatoms. The molecule has 0 radical (unpaired) electrons. The smallest absolute Gasteiger partial charge is 0.244 e. The third kappa shape index (κ3) is 5.88. The average molecular weight is 576 g/mol. The molecule has 1 amide bonds. The van der Waals surface area contributed by atoms with Crippen molar-refractivity contribution >= 4 is 54.8 Å². The molecule has 1 atom stereocenters. The summed E-state index contributed by atoms with van der Waals surface area (Å²) in [7, 11) is -5.58. The standard InChI is InChI=1S/C23H28Cl2N4O5S2/c1-27-11-13-28(14-12-27)35(31,32)20-7-5-19(6-8-20)26-23(30)17-3-2-10-29(16-17)36(33,34)22-15-18(24)4-9-21(22)25/h4-9,15,17H,2-3,10-14,16H2,1H3,(H,26,30)/t17-/m0/s1. The second kappa shape index (κ2) is 10.9. The van der Waals surface area contributed by atoms with Crippen LogP contribution in [0.15, 0.2) is 52.3 Å². The van der Waals surface area contributed by atoms with Gasteiger partial charge in [0.1, 0.15) is 4.90 Å². The number of amides is 1. The van der Waals surface area contributed by atoms with Gasteiger partial charge in [0, 0.05) is 50.0 Å². The lowest BCUT2D eigenvalue weighted by atomic mass is 9.99. The van der Waals surface area contributed by atoms with Gasteiger partial charge in [0.15, 0.2) is 0 Å². The van der Waals surface area contributed by atoms with E-state index in [1.807, 2.05) is 7.05 Å². The summed E-state index contributed by atoms with van der Waals surface area (Å²) >= 11 is 12.1. The molecule has 2 fully saturated rings. The maximum atomic E-state index is 13.2. The molecule has 0 unspecified atom stereocenters. The van der Waals surface area contributed by atoms with Crippen LogP contribution in [0.5, 0.6) is 0 Å². The van der Waals surface area contributed by atoms with E-state index in [4.69, 9.17) is 23.2 Å². The van der Waals surface area contributed by atoms with Gasteiger partial charge >= 0.3 is 0 Å². The van der Waals surface area contributed by atoms with Gasteiger partial charge in [-0.15, -0.1) is 0 Å². The number of piperazine rings is 1. The van der Waals surface area contributed by atoms with Gasteiger partial charge in [-0.25, -0.2) is 16.8 Å². The van der Waals surface area contributed by atoms with Crippen molar-refractivity contribution < 1.29 is 21.6 Å². The summed E-state index contributed by atoms with van der Waals surface area (Å²) < 4.78 is 54.8. The summed E-state index contributed by atoms with van der Waals surface area (Å²) in [5.41, 5.74) is 0.440. The molecule has 2 aromatic rings. The van der Waals surface area contributed by atoms with E-state index in [0.717, 1.165) is 0 Å². The first-order valence-corrected chi connectivity index (χ1v) is 15.2. The zero-order valence-corrected chi connectivity index (χ0v) is 22.9. The molecule has 2 saturated heterocycles. The third-order valence-corrected chi connectivity index (χ3v) is 11.0. The van der Waals surface area contributed by atoms with Crippen LogP contribution in [0, 0.1) is 5.92 Å². The van der Waals surface area contributed by atoms with Crippen molar-refractivity contribution in [2.24, 2.45) is 5.92 Å². The summed E-state index contributed by atoms with van der Waals surface area (Å²) in [5, 5.41) is 3.10. The first-order chi connectivity index (χ1) is 17.0. The molecule has 0 spiro atoms. The van der Waals surface area contributed by atoms with E-state index >= 15 is 0 Å². The number of rotatable bonds is 6. The van der Waals surface area contributed by atoms with E-state index in [-0.39, 0.29) is 38.8 Å². The van der Waals surface area contributed by atoms with Crippen LogP contribution < -0.4 is 5.32 Å². The number of nitrogens with one attached hydrogen (secondary N) is 1. The molecule has 1 N–H and O–H groups in total. The third-order valence-electron chi connectivity index (χ3n) is 6.49. The molecule has 4 rings (SSSR count). The Morgan fingerprint density at radius 1 is 0.889 bits per heavy atom. The van der Waals surface area contributed by atoms with E-state index in [9.17, 15) is 21.6 Å². The molecule has 2 aromatic carbocycles. The highest BCUT2D eigenvalue weighted by molar-refractivity contribution is 7.89. The van der Waals surface area contributed by atoms with Crippen LogP contribution in [-0.2, 0) is 24.8 Å². The Morgan fingerprint density at radius 2 is 1.56 bits per heavy atom. The molecule has 0 bridgehead atoms. The molecular formula is C23H28Cl2N4O5S2. The van der Waals surface area contributed by atoms with E-state index in [2.05, 4.69) is 10.2 Å². The lowest BCUT2D eigenvalue weighted by Gasteiger charge is -2.31.